The summed E-state index contributed by atoms with van der Waals surface area (Å²) in [5, 5.41) is 17.5. The number of benzene rings is 12. The van der Waals surface area contributed by atoms with Gasteiger partial charge in [-0.05, 0) is 231 Å². The summed E-state index contributed by atoms with van der Waals surface area (Å²) in [5.41, 5.74) is 53.5. The highest BCUT2D eigenvalue weighted by Gasteiger charge is 2.23. The summed E-state index contributed by atoms with van der Waals surface area (Å²) in [7, 11) is 2.07. The van der Waals surface area contributed by atoms with Crippen molar-refractivity contribution in [1.82, 2.24) is 34.9 Å². The first-order chi connectivity index (χ1) is 68.0. The number of amides is 5. The number of hydrogen-bond donors (Lipinski definition) is 11. The number of morpholine rings is 1. The number of likely N-dealkylation sites (N-methyl/N-ethyl adjacent to an activating group) is 1. The Morgan fingerprint density at radius 1 is 0.329 bits per heavy atom. The van der Waals surface area contributed by atoms with Crippen LogP contribution in [0.1, 0.15) is 102 Å². The molecule has 16 N–H and O–H groups in total. The van der Waals surface area contributed by atoms with Gasteiger partial charge in [-0.3, -0.25) is 48.6 Å². The maximum atomic E-state index is 12.5. The molecule has 24 heteroatoms. The normalized spacial score (nSPS) is 12.7. The number of ether oxygens (including phenoxy) is 1. The summed E-state index contributed by atoms with van der Waals surface area (Å²) in [6.45, 7) is 35.6. The summed E-state index contributed by atoms with van der Waals surface area (Å²) in [5.74, 6) is 0.123. The molecule has 5 amide bonds. The van der Waals surface area contributed by atoms with Crippen LogP contribution in [0, 0.1) is 0 Å². The zero-order valence-corrected chi connectivity index (χ0v) is 79.1. The van der Waals surface area contributed by atoms with Gasteiger partial charge in [0.25, 0.3) is 29.5 Å². The number of nitrogens with two attached hydrogens (primary N) is 5. The molecule has 3 aliphatic heterocycles. The van der Waals surface area contributed by atoms with Crippen LogP contribution in [0.15, 0.2) is 379 Å². The van der Waals surface area contributed by atoms with E-state index >= 15 is 0 Å². The molecule has 0 atom stereocenters. The van der Waals surface area contributed by atoms with Crippen molar-refractivity contribution >= 4 is 120 Å². The van der Waals surface area contributed by atoms with E-state index in [9.17, 15) is 24.0 Å². The molecule has 0 spiro atoms. The van der Waals surface area contributed by atoms with Gasteiger partial charge in [-0.15, -0.1) is 0 Å². The van der Waals surface area contributed by atoms with Gasteiger partial charge in [0.2, 0.25) is 0 Å². The summed E-state index contributed by atoms with van der Waals surface area (Å²) >= 11 is 0. The van der Waals surface area contributed by atoms with Gasteiger partial charge in [0.05, 0.1) is 75.8 Å². The van der Waals surface area contributed by atoms with Crippen LogP contribution in [-0.4, -0.2) is 158 Å². The number of nitrogens with one attached hydrogen (secondary N) is 6. The molecule has 0 bridgehead atoms. The standard InChI is InChI=1S/C25H27N5O.C25H25N3O.C24H25N3O.C22H22N4O.C20H23N3O2/c1-19(18-29-14-16-30(17-15-29)24-8-4-5-13-27-24)20-9-11-21(12-10-20)25(31)28-23-7-3-2-6-22(23)26;1-18(16-28-15-14-20-6-2-3-7-22(20)17-28)19-10-12-21(13-11-19)25(29)27-24-9-5-4-8-23(24)26;1-18(16-27(2)17-19-8-4-3-5-9-19)20-12-14-21(15-13-20)24(28)26-23-11-7-6-10-22(23)25;1-16(14-24-15-19-6-4-5-13-25-19)17-9-11-18(12-10-17)22(27)26-21-8-3-2-7-20(21)23;1-15(14-23-10-12-25-13-11-23)16-6-8-17(9-7-16)20(24)22-19-5-3-2-4-18(19)21/h2-13H,1,14-18,26H2,(H,28,31);2-13H,1,14-17,26H2,(H,27,29);3-15H,1,16-17,25H2,2H3,(H,26,28);2-13,24H,1,14-15,23H2,(H,26,27);2-9H,1,10-14,21H2,(H,22,24). The molecule has 17 rings (SSSR count). The largest absolute Gasteiger partial charge is 0.397 e. The second-order valence-electron chi connectivity index (χ2n) is 34.3. The minimum atomic E-state index is -0.196. The van der Waals surface area contributed by atoms with Gasteiger partial charge in [0.15, 0.2) is 0 Å². The number of rotatable bonds is 30. The third-order valence-electron chi connectivity index (χ3n) is 23.9. The molecule has 3 aliphatic rings. The Morgan fingerprint density at radius 2 is 0.650 bits per heavy atom. The van der Waals surface area contributed by atoms with Crippen LogP contribution in [0.2, 0.25) is 0 Å². The lowest BCUT2D eigenvalue weighted by Crippen LogP contribution is -2.47. The summed E-state index contributed by atoms with van der Waals surface area (Å²) < 4.78 is 5.36. The third-order valence-corrected chi connectivity index (χ3v) is 23.9. The first-order valence-corrected chi connectivity index (χ1v) is 46.5. The molecule has 14 aromatic rings. The molecule has 0 saturated carbocycles. The van der Waals surface area contributed by atoms with Gasteiger partial charge in [-0.1, -0.05) is 221 Å². The van der Waals surface area contributed by atoms with Crippen LogP contribution in [0.25, 0.3) is 27.9 Å². The Bertz CT molecular complexity index is 6530. The van der Waals surface area contributed by atoms with Crippen molar-refractivity contribution in [2.45, 2.75) is 26.1 Å². The van der Waals surface area contributed by atoms with E-state index in [2.05, 4.69) is 149 Å². The number of nitrogen functional groups attached to an aromatic ring is 5. The van der Waals surface area contributed by atoms with Gasteiger partial charge in [0.1, 0.15) is 5.82 Å². The number of anilines is 11. The zero-order chi connectivity index (χ0) is 98.5. The van der Waals surface area contributed by atoms with Gasteiger partial charge < -0.3 is 70.2 Å². The van der Waals surface area contributed by atoms with Gasteiger partial charge in [0, 0.05) is 138 Å². The number of carbonyl (C=O) groups is 5. The number of hydrogen-bond acceptors (Lipinski definition) is 19. The molecule has 12 aromatic carbocycles. The van der Waals surface area contributed by atoms with E-state index in [1.54, 1.807) is 79.0 Å². The number of fused-ring (bicyclic) bond motifs is 1. The minimum Gasteiger partial charge on any atom is -0.397 e. The fourth-order valence-corrected chi connectivity index (χ4v) is 15.8. The topological polar surface area (TPSA) is 339 Å². The van der Waals surface area contributed by atoms with Crippen LogP contribution >= 0.6 is 0 Å². The Balaban J connectivity index is 0.000000148. The molecule has 24 nitrogen and oxygen atoms in total. The maximum Gasteiger partial charge on any atom is 0.255 e. The summed E-state index contributed by atoms with van der Waals surface area (Å²) in [6.07, 6.45) is 4.69. The third kappa shape index (κ3) is 30.5. The molecule has 5 heterocycles. The number of para-hydroxylation sites is 10. The molecule has 140 heavy (non-hydrogen) atoms. The highest BCUT2D eigenvalue weighted by Crippen LogP contribution is 2.29. The van der Waals surface area contributed by atoms with Crippen molar-refractivity contribution in [2.24, 2.45) is 0 Å². The number of aromatic nitrogens is 2. The highest BCUT2D eigenvalue weighted by atomic mass is 16.5. The fourth-order valence-electron chi connectivity index (χ4n) is 15.8. The van der Waals surface area contributed by atoms with Crippen molar-refractivity contribution in [3.05, 3.63) is 457 Å². The van der Waals surface area contributed by atoms with Crippen LogP contribution in [0.4, 0.5) is 62.7 Å². The monoisotopic (exact) mass is 1860 g/mol. The van der Waals surface area contributed by atoms with Crippen LogP contribution in [-0.2, 0) is 30.8 Å². The zero-order valence-electron chi connectivity index (χ0n) is 79.1. The second kappa shape index (κ2) is 51.5. The molecular weight excluding hydrogens is 1740 g/mol. The maximum absolute atomic E-state index is 12.5. The Hall–Kier alpha value is -16.5. The van der Waals surface area contributed by atoms with Crippen LogP contribution in [0.5, 0.6) is 0 Å². The lowest BCUT2D eigenvalue weighted by atomic mass is 9.98. The van der Waals surface area contributed by atoms with E-state index in [1.807, 2.05) is 225 Å². The van der Waals surface area contributed by atoms with E-state index in [0.29, 0.717) is 97.8 Å². The molecule has 0 aliphatic carbocycles. The quantitative estimate of drug-likeness (QED) is 0.0186. The predicted octanol–water partition coefficient (Wildman–Crippen LogP) is 19.6. The Morgan fingerprint density at radius 3 is 1.02 bits per heavy atom. The lowest BCUT2D eigenvalue weighted by Gasteiger charge is -2.35. The van der Waals surface area contributed by atoms with E-state index in [4.69, 9.17) is 33.4 Å². The van der Waals surface area contributed by atoms with Gasteiger partial charge in [-0.25, -0.2) is 4.98 Å². The lowest BCUT2D eigenvalue weighted by molar-refractivity contribution is 0.0444. The molecular formula is C116H122N18O6. The van der Waals surface area contributed by atoms with E-state index in [0.717, 1.165) is 172 Å². The first-order valence-electron chi connectivity index (χ1n) is 46.5. The number of piperazine rings is 1. The summed E-state index contributed by atoms with van der Waals surface area (Å²) in [4.78, 5) is 82.5. The van der Waals surface area contributed by atoms with E-state index in [-0.39, 0.29) is 29.5 Å². The van der Waals surface area contributed by atoms with Crippen LogP contribution in [0.3, 0.4) is 0 Å². The smallest absolute Gasteiger partial charge is 0.255 e. The Kier molecular flexibility index (Phi) is 37.1. The SMILES string of the molecule is C=C(CN(C)Cc1ccccc1)c1ccc(C(=O)Nc2ccccc2N)cc1.C=C(CN1CCN(c2ccccn2)CC1)c1ccc(C(=O)Nc2ccccc2N)cc1.C=C(CN1CCOCC1)c1ccc(C(=O)Nc2ccccc2N)cc1.C=C(CN1CCc2ccccc2C1)c1ccc(C(=O)Nc2ccccc2N)cc1.C=C(CNCc1ccccn1)c1ccc(C(=O)Nc2ccccc2N)cc1. The van der Waals surface area contributed by atoms with E-state index in [1.165, 1.54) is 16.7 Å². The number of pyridine rings is 2. The average molecular weight is 1860 g/mol. The van der Waals surface area contributed by atoms with Crippen molar-refractivity contribution in [3.63, 3.8) is 0 Å². The molecule has 0 unspecified atom stereocenters. The van der Waals surface area contributed by atoms with Crippen LogP contribution < -0.4 is 65.5 Å². The highest BCUT2D eigenvalue weighted by molar-refractivity contribution is 6.09. The average Bonchev–Trinajstić information content (AvgIpc) is 0.824. The van der Waals surface area contributed by atoms with Crippen molar-refractivity contribution < 1.29 is 28.7 Å². The van der Waals surface area contributed by atoms with Gasteiger partial charge in [-0.2, -0.15) is 0 Å². The fraction of sp³-hybridized carbons (Fsp3) is 0.164. The number of carbonyl (C=O) groups excluding carboxylic acids is 5. The van der Waals surface area contributed by atoms with Crippen molar-refractivity contribution in [2.75, 3.05) is 159 Å². The van der Waals surface area contributed by atoms with Gasteiger partial charge >= 0.3 is 0 Å². The predicted molar refractivity (Wildman–Crippen MR) is 576 cm³/mol. The first kappa shape index (κ1) is 101. The van der Waals surface area contributed by atoms with E-state index < -0.39 is 0 Å². The van der Waals surface area contributed by atoms with Crippen molar-refractivity contribution in [3.8, 4) is 0 Å². The second-order valence-corrected chi connectivity index (χ2v) is 34.3. The molecule has 2 fully saturated rings. The van der Waals surface area contributed by atoms with Crippen molar-refractivity contribution in [1.29, 1.82) is 0 Å². The minimum absolute atomic E-state index is 0.173. The summed E-state index contributed by atoms with van der Waals surface area (Å²) in [6, 6.07) is 104. The molecule has 2 aromatic heterocycles. The molecule has 0 radical (unpaired) electrons. The Labute approximate surface area is 820 Å². The molecule has 712 valence electrons. The number of nitrogens with zero attached hydrogens (tertiary/aromatic N) is 7. The molecule has 2 saturated heterocycles.